The molecule has 0 atom stereocenters. The van der Waals surface area contributed by atoms with Gasteiger partial charge in [-0.1, -0.05) is 11.6 Å². The van der Waals surface area contributed by atoms with Crippen molar-refractivity contribution in [1.29, 1.82) is 0 Å². The molecule has 5 rings (SSSR count). The summed E-state index contributed by atoms with van der Waals surface area (Å²) in [5.41, 5.74) is -1.87. The first-order valence-corrected chi connectivity index (χ1v) is 9.11. The standard InChI is InChI=1S/C17H18ClFN4O3/c18-12-13-10(15(24)23(20)16(25)22(13)9-3-4-9)5-11(19)14(12)21-6-17(26,7-21)8-1-2-8/h5,8-9,26H,1-4,6-7,20H2. The van der Waals surface area contributed by atoms with E-state index in [9.17, 15) is 19.1 Å². The highest BCUT2D eigenvalue weighted by atomic mass is 35.5. The Morgan fingerprint density at radius 3 is 2.46 bits per heavy atom. The monoisotopic (exact) mass is 380 g/mol. The van der Waals surface area contributed by atoms with Gasteiger partial charge in [0.05, 0.1) is 21.6 Å². The Morgan fingerprint density at radius 2 is 1.88 bits per heavy atom. The maximum atomic E-state index is 14.8. The molecule has 1 aliphatic heterocycles. The third-order valence-corrected chi connectivity index (χ3v) is 6.12. The lowest BCUT2D eigenvalue weighted by Crippen LogP contribution is -2.63. The first-order valence-electron chi connectivity index (χ1n) is 8.73. The number of nitrogen functional groups attached to an aromatic ring is 1. The van der Waals surface area contributed by atoms with Crippen LogP contribution in [0.1, 0.15) is 31.7 Å². The van der Waals surface area contributed by atoms with Crippen molar-refractivity contribution in [2.75, 3.05) is 23.8 Å². The van der Waals surface area contributed by atoms with Gasteiger partial charge in [-0.2, -0.15) is 4.68 Å². The number of aromatic nitrogens is 2. The molecule has 3 fully saturated rings. The number of benzene rings is 1. The van der Waals surface area contributed by atoms with Crippen LogP contribution in [0.3, 0.4) is 0 Å². The number of nitrogens with two attached hydrogens (primary N) is 1. The van der Waals surface area contributed by atoms with Crippen molar-refractivity contribution in [3.8, 4) is 0 Å². The summed E-state index contributed by atoms with van der Waals surface area (Å²) in [6.07, 6.45) is 3.52. The van der Waals surface area contributed by atoms with Gasteiger partial charge in [0.15, 0.2) is 0 Å². The lowest BCUT2D eigenvalue weighted by molar-refractivity contribution is -0.00959. The number of halogens is 2. The van der Waals surface area contributed by atoms with Gasteiger partial charge in [0.2, 0.25) is 0 Å². The lowest BCUT2D eigenvalue weighted by atomic mass is 9.88. The predicted octanol–water partition coefficient (Wildman–Crippen LogP) is 0.965. The van der Waals surface area contributed by atoms with Gasteiger partial charge in [0, 0.05) is 19.1 Å². The van der Waals surface area contributed by atoms with Crippen LogP contribution in [-0.4, -0.2) is 33.0 Å². The molecule has 138 valence electrons. The van der Waals surface area contributed by atoms with E-state index in [4.69, 9.17) is 17.4 Å². The number of nitrogens with zero attached hydrogens (tertiary/aromatic N) is 3. The first-order chi connectivity index (χ1) is 12.3. The van der Waals surface area contributed by atoms with E-state index in [1.165, 1.54) is 4.57 Å². The second kappa shape index (κ2) is 5.01. The van der Waals surface area contributed by atoms with Crippen LogP contribution in [0.25, 0.3) is 10.9 Å². The molecule has 26 heavy (non-hydrogen) atoms. The Labute approximate surface area is 152 Å². The minimum atomic E-state index is -0.804. The number of aliphatic hydroxyl groups is 1. The summed E-state index contributed by atoms with van der Waals surface area (Å²) in [4.78, 5) is 26.5. The van der Waals surface area contributed by atoms with Crippen LogP contribution >= 0.6 is 11.6 Å². The van der Waals surface area contributed by atoms with E-state index >= 15 is 0 Å². The van der Waals surface area contributed by atoms with Gasteiger partial charge in [-0.25, -0.2) is 9.18 Å². The van der Waals surface area contributed by atoms with Crippen molar-refractivity contribution in [3.05, 3.63) is 37.7 Å². The summed E-state index contributed by atoms with van der Waals surface area (Å²) in [5, 5.41) is 10.5. The van der Waals surface area contributed by atoms with Crippen LogP contribution in [0.15, 0.2) is 15.7 Å². The van der Waals surface area contributed by atoms with Crippen LogP contribution in [-0.2, 0) is 0 Å². The molecule has 3 N–H and O–H groups in total. The molecular weight excluding hydrogens is 363 g/mol. The number of β-amino-alcohol motifs (C(OH)–C–C–N with tert-alkyl or cyclic N) is 1. The van der Waals surface area contributed by atoms with Crippen LogP contribution in [0, 0.1) is 11.7 Å². The fourth-order valence-corrected chi connectivity index (χ4v) is 4.44. The van der Waals surface area contributed by atoms with E-state index in [-0.39, 0.29) is 33.6 Å². The fraction of sp³-hybridized carbons (Fsp3) is 0.529. The summed E-state index contributed by atoms with van der Waals surface area (Å²) in [6.45, 7) is 0.586. The highest BCUT2D eigenvalue weighted by Crippen LogP contribution is 2.48. The molecule has 9 heteroatoms. The van der Waals surface area contributed by atoms with Crippen molar-refractivity contribution in [2.24, 2.45) is 5.92 Å². The minimum absolute atomic E-state index is 0.0109. The molecule has 0 unspecified atom stereocenters. The zero-order chi connectivity index (χ0) is 18.4. The molecule has 0 spiro atoms. The topological polar surface area (TPSA) is 93.5 Å². The Balaban J connectivity index is 1.71. The Hall–Kier alpha value is -2.06. The quantitative estimate of drug-likeness (QED) is 0.774. The third-order valence-electron chi connectivity index (χ3n) is 5.77. The zero-order valence-electron chi connectivity index (χ0n) is 13.9. The second-order valence-corrected chi connectivity index (χ2v) is 8.09. The smallest absolute Gasteiger partial charge is 0.350 e. The second-order valence-electron chi connectivity index (χ2n) is 7.71. The molecule has 0 bridgehead atoms. The third kappa shape index (κ3) is 2.08. The average Bonchev–Trinajstić information content (AvgIpc) is 3.44. The molecule has 2 saturated carbocycles. The van der Waals surface area contributed by atoms with E-state index in [0.29, 0.717) is 17.8 Å². The van der Waals surface area contributed by atoms with Crippen molar-refractivity contribution >= 4 is 28.2 Å². The van der Waals surface area contributed by atoms with Crippen molar-refractivity contribution in [2.45, 2.75) is 37.3 Å². The fourth-order valence-electron chi connectivity index (χ4n) is 4.04. The van der Waals surface area contributed by atoms with Crippen molar-refractivity contribution < 1.29 is 9.50 Å². The van der Waals surface area contributed by atoms with Crippen LogP contribution in [0.2, 0.25) is 5.02 Å². The number of fused-ring (bicyclic) bond motifs is 1. The number of anilines is 1. The summed E-state index contributed by atoms with van der Waals surface area (Å²) in [6, 6.07) is 1.01. The van der Waals surface area contributed by atoms with Crippen molar-refractivity contribution in [3.63, 3.8) is 0 Å². The number of hydrogen-bond acceptors (Lipinski definition) is 5. The molecule has 0 radical (unpaired) electrons. The molecule has 0 amide bonds. The minimum Gasteiger partial charge on any atom is -0.386 e. The molecule has 2 heterocycles. The zero-order valence-corrected chi connectivity index (χ0v) is 14.7. The van der Waals surface area contributed by atoms with Gasteiger partial charge in [0.25, 0.3) is 5.56 Å². The molecule has 3 aliphatic rings. The number of rotatable bonds is 3. The Morgan fingerprint density at radius 1 is 1.23 bits per heavy atom. The van der Waals surface area contributed by atoms with E-state index in [0.717, 1.165) is 31.7 Å². The van der Waals surface area contributed by atoms with E-state index in [1.54, 1.807) is 4.90 Å². The van der Waals surface area contributed by atoms with Crippen LogP contribution in [0.5, 0.6) is 0 Å². The average molecular weight is 381 g/mol. The molecular formula is C17H18ClFN4O3. The highest BCUT2D eigenvalue weighted by molar-refractivity contribution is 6.38. The molecule has 2 aliphatic carbocycles. The number of hydrogen-bond donors (Lipinski definition) is 2. The van der Waals surface area contributed by atoms with Gasteiger partial charge in [-0.05, 0) is 37.7 Å². The van der Waals surface area contributed by atoms with Gasteiger partial charge in [-0.3, -0.25) is 9.36 Å². The molecule has 2 aromatic rings. The van der Waals surface area contributed by atoms with Crippen LogP contribution < -0.4 is 22.0 Å². The first kappa shape index (κ1) is 16.1. The predicted molar refractivity (Wildman–Crippen MR) is 95.7 cm³/mol. The summed E-state index contributed by atoms with van der Waals surface area (Å²) in [5.74, 6) is 5.19. The largest absolute Gasteiger partial charge is 0.386 e. The van der Waals surface area contributed by atoms with Gasteiger partial charge >= 0.3 is 5.69 Å². The molecule has 1 saturated heterocycles. The maximum Gasteiger partial charge on any atom is 0.350 e. The van der Waals surface area contributed by atoms with E-state index in [1.807, 2.05) is 0 Å². The molecule has 1 aromatic carbocycles. The van der Waals surface area contributed by atoms with E-state index < -0.39 is 22.7 Å². The van der Waals surface area contributed by atoms with Gasteiger partial charge in [-0.15, -0.1) is 0 Å². The summed E-state index contributed by atoms with van der Waals surface area (Å²) >= 11 is 6.50. The lowest BCUT2D eigenvalue weighted by Gasteiger charge is -2.48. The van der Waals surface area contributed by atoms with Crippen molar-refractivity contribution in [1.82, 2.24) is 9.24 Å². The normalized spacial score (nSPS) is 21.9. The van der Waals surface area contributed by atoms with E-state index in [2.05, 4.69) is 0 Å². The SMILES string of the molecule is Nn1c(=O)c2cc(F)c(N3CC(O)(C4CC4)C3)c(Cl)c2n(C2CC2)c1=O. The maximum absolute atomic E-state index is 14.8. The Kier molecular flexibility index (Phi) is 3.11. The van der Waals surface area contributed by atoms with Crippen LogP contribution in [0.4, 0.5) is 10.1 Å². The molecule has 1 aromatic heterocycles. The van der Waals surface area contributed by atoms with Gasteiger partial charge in [0.1, 0.15) is 11.4 Å². The highest BCUT2D eigenvalue weighted by Gasteiger charge is 2.52. The summed E-state index contributed by atoms with van der Waals surface area (Å²) < 4.78 is 16.7. The van der Waals surface area contributed by atoms with Gasteiger partial charge < -0.3 is 15.8 Å². The Bertz CT molecular complexity index is 1060. The molecule has 7 nitrogen and oxygen atoms in total. The summed E-state index contributed by atoms with van der Waals surface area (Å²) in [7, 11) is 0.